The van der Waals surface area contributed by atoms with Crippen molar-refractivity contribution < 1.29 is 5.11 Å². The highest BCUT2D eigenvalue weighted by molar-refractivity contribution is 5.76. The van der Waals surface area contributed by atoms with Gasteiger partial charge in [-0.2, -0.15) is 0 Å². The Bertz CT molecular complexity index is 497. The molecular formula is C12H14N2O. The molecule has 0 aliphatic heterocycles. The maximum atomic E-state index is 9.31. The van der Waals surface area contributed by atoms with E-state index in [0.29, 0.717) is 6.04 Å². The summed E-state index contributed by atoms with van der Waals surface area (Å²) in [5.74, 6) is 0. The molecule has 0 unspecified atom stereocenters. The van der Waals surface area contributed by atoms with Gasteiger partial charge in [-0.15, -0.1) is 0 Å². The monoisotopic (exact) mass is 202 g/mol. The largest absolute Gasteiger partial charge is 0.393 e. The van der Waals surface area contributed by atoms with Gasteiger partial charge in [0.25, 0.3) is 0 Å². The first kappa shape index (κ1) is 8.92. The summed E-state index contributed by atoms with van der Waals surface area (Å²) < 4.78 is 2.19. The summed E-state index contributed by atoms with van der Waals surface area (Å²) in [6.45, 7) is 2.09. The van der Waals surface area contributed by atoms with Crippen molar-refractivity contribution in [3.05, 3.63) is 30.1 Å². The molecule has 0 saturated heterocycles. The Morgan fingerprint density at radius 2 is 2.20 bits per heavy atom. The van der Waals surface area contributed by atoms with Crippen LogP contribution in [0.5, 0.6) is 0 Å². The van der Waals surface area contributed by atoms with Crippen LogP contribution in [-0.4, -0.2) is 20.8 Å². The quantitative estimate of drug-likeness (QED) is 0.768. The third-order valence-corrected chi connectivity index (χ3v) is 3.21. The van der Waals surface area contributed by atoms with Crippen LogP contribution in [0.15, 0.2) is 24.5 Å². The number of hydrogen-bond acceptors (Lipinski definition) is 2. The molecular weight excluding hydrogens is 188 g/mol. The van der Waals surface area contributed by atoms with Crippen molar-refractivity contribution in [2.45, 2.75) is 31.9 Å². The predicted octanol–water partition coefficient (Wildman–Crippen LogP) is 2.04. The Labute approximate surface area is 88.4 Å². The van der Waals surface area contributed by atoms with Crippen LogP contribution in [0.3, 0.4) is 0 Å². The van der Waals surface area contributed by atoms with E-state index in [-0.39, 0.29) is 6.10 Å². The van der Waals surface area contributed by atoms with Crippen LogP contribution in [0.4, 0.5) is 0 Å². The number of aliphatic hydroxyl groups is 1. The Balaban J connectivity index is 2.07. The third-order valence-electron chi connectivity index (χ3n) is 3.21. The van der Waals surface area contributed by atoms with Crippen molar-refractivity contribution in [2.24, 2.45) is 0 Å². The van der Waals surface area contributed by atoms with Gasteiger partial charge in [-0.3, -0.25) is 0 Å². The Kier molecular flexibility index (Phi) is 1.83. The summed E-state index contributed by atoms with van der Waals surface area (Å²) >= 11 is 0. The highest BCUT2D eigenvalue weighted by atomic mass is 16.3. The predicted molar refractivity (Wildman–Crippen MR) is 58.7 cm³/mol. The first-order chi connectivity index (χ1) is 7.24. The van der Waals surface area contributed by atoms with Gasteiger partial charge in [0, 0.05) is 6.04 Å². The van der Waals surface area contributed by atoms with Gasteiger partial charge in [-0.1, -0.05) is 6.07 Å². The van der Waals surface area contributed by atoms with E-state index in [4.69, 9.17) is 0 Å². The molecule has 2 aromatic rings. The molecule has 1 heterocycles. The minimum atomic E-state index is -0.114. The SMILES string of the molecule is Cc1ccc2ncn(C3CC(O)C3)c2c1. The van der Waals surface area contributed by atoms with Crippen molar-refractivity contribution in [3.8, 4) is 0 Å². The highest BCUT2D eigenvalue weighted by Gasteiger charge is 2.29. The van der Waals surface area contributed by atoms with Crippen LogP contribution in [0, 0.1) is 6.92 Å². The van der Waals surface area contributed by atoms with Crippen molar-refractivity contribution in [1.29, 1.82) is 0 Å². The molecule has 0 radical (unpaired) electrons. The van der Waals surface area contributed by atoms with Crippen LogP contribution < -0.4 is 0 Å². The second-order valence-corrected chi connectivity index (χ2v) is 4.42. The molecule has 1 aromatic carbocycles. The smallest absolute Gasteiger partial charge is 0.0960 e. The molecule has 0 atom stereocenters. The van der Waals surface area contributed by atoms with Gasteiger partial charge in [-0.25, -0.2) is 4.98 Å². The number of aryl methyl sites for hydroxylation is 1. The van der Waals surface area contributed by atoms with Gasteiger partial charge in [0.1, 0.15) is 0 Å². The summed E-state index contributed by atoms with van der Waals surface area (Å²) in [5.41, 5.74) is 3.48. The second kappa shape index (κ2) is 3.07. The normalized spacial score (nSPS) is 25.5. The number of imidazole rings is 1. The lowest BCUT2D eigenvalue weighted by Gasteiger charge is -2.32. The average molecular weight is 202 g/mol. The van der Waals surface area contributed by atoms with E-state index in [2.05, 4.69) is 34.7 Å². The zero-order chi connectivity index (χ0) is 10.4. The van der Waals surface area contributed by atoms with Crippen LogP contribution in [-0.2, 0) is 0 Å². The van der Waals surface area contributed by atoms with E-state index in [9.17, 15) is 5.11 Å². The van der Waals surface area contributed by atoms with Crippen LogP contribution >= 0.6 is 0 Å². The summed E-state index contributed by atoms with van der Waals surface area (Å²) in [6.07, 6.45) is 3.50. The van der Waals surface area contributed by atoms with Crippen molar-refractivity contribution in [1.82, 2.24) is 9.55 Å². The van der Waals surface area contributed by atoms with Crippen LogP contribution in [0.2, 0.25) is 0 Å². The molecule has 15 heavy (non-hydrogen) atoms. The Morgan fingerprint density at radius 3 is 2.93 bits per heavy atom. The lowest BCUT2D eigenvalue weighted by atomic mass is 9.89. The second-order valence-electron chi connectivity index (χ2n) is 4.42. The third kappa shape index (κ3) is 1.35. The molecule has 1 fully saturated rings. The lowest BCUT2D eigenvalue weighted by Crippen LogP contribution is -2.30. The van der Waals surface area contributed by atoms with Crippen LogP contribution in [0.1, 0.15) is 24.4 Å². The Morgan fingerprint density at radius 1 is 1.40 bits per heavy atom. The molecule has 1 aromatic heterocycles. The maximum absolute atomic E-state index is 9.31. The lowest BCUT2D eigenvalue weighted by molar-refractivity contribution is 0.0501. The van der Waals surface area contributed by atoms with E-state index in [1.165, 1.54) is 11.1 Å². The van der Waals surface area contributed by atoms with E-state index < -0.39 is 0 Å². The minimum Gasteiger partial charge on any atom is -0.393 e. The molecule has 1 N–H and O–H groups in total. The number of benzene rings is 1. The van der Waals surface area contributed by atoms with E-state index in [1.807, 2.05) is 6.33 Å². The molecule has 1 aliphatic rings. The van der Waals surface area contributed by atoms with E-state index in [1.54, 1.807) is 0 Å². The molecule has 0 bridgehead atoms. The van der Waals surface area contributed by atoms with Crippen molar-refractivity contribution in [3.63, 3.8) is 0 Å². The number of rotatable bonds is 1. The fourth-order valence-electron chi connectivity index (χ4n) is 2.21. The topological polar surface area (TPSA) is 38.0 Å². The fourth-order valence-corrected chi connectivity index (χ4v) is 2.21. The molecule has 0 amide bonds. The zero-order valence-corrected chi connectivity index (χ0v) is 8.72. The van der Waals surface area contributed by atoms with Gasteiger partial charge in [-0.05, 0) is 37.5 Å². The summed E-state index contributed by atoms with van der Waals surface area (Å²) in [4.78, 5) is 4.37. The molecule has 3 rings (SSSR count). The Hall–Kier alpha value is -1.35. The first-order valence-electron chi connectivity index (χ1n) is 5.35. The van der Waals surface area contributed by atoms with Crippen LogP contribution in [0.25, 0.3) is 11.0 Å². The molecule has 3 heteroatoms. The number of hydrogen-bond donors (Lipinski definition) is 1. The number of aromatic nitrogens is 2. The summed E-state index contributed by atoms with van der Waals surface area (Å²) in [6, 6.07) is 6.73. The van der Waals surface area contributed by atoms with E-state index in [0.717, 1.165) is 18.4 Å². The van der Waals surface area contributed by atoms with Crippen molar-refractivity contribution >= 4 is 11.0 Å². The summed E-state index contributed by atoms with van der Waals surface area (Å²) in [5, 5.41) is 9.31. The van der Waals surface area contributed by atoms with Gasteiger partial charge < -0.3 is 9.67 Å². The minimum absolute atomic E-state index is 0.114. The first-order valence-corrected chi connectivity index (χ1v) is 5.35. The van der Waals surface area contributed by atoms with Gasteiger partial charge in [0.15, 0.2) is 0 Å². The molecule has 3 nitrogen and oxygen atoms in total. The highest BCUT2D eigenvalue weighted by Crippen LogP contribution is 2.34. The molecule has 78 valence electrons. The average Bonchev–Trinajstić information content (AvgIpc) is 2.56. The summed E-state index contributed by atoms with van der Waals surface area (Å²) in [7, 11) is 0. The number of nitrogens with zero attached hydrogens (tertiary/aromatic N) is 2. The van der Waals surface area contributed by atoms with Crippen molar-refractivity contribution in [2.75, 3.05) is 0 Å². The van der Waals surface area contributed by atoms with E-state index >= 15 is 0 Å². The maximum Gasteiger partial charge on any atom is 0.0960 e. The molecule has 1 aliphatic carbocycles. The molecule has 0 spiro atoms. The number of aliphatic hydroxyl groups excluding tert-OH is 1. The standard InChI is InChI=1S/C12H14N2O/c1-8-2-3-11-12(4-8)14(7-13-11)9-5-10(15)6-9/h2-4,7,9-10,15H,5-6H2,1H3. The number of fused-ring (bicyclic) bond motifs is 1. The molecule has 1 saturated carbocycles. The van der Waals surface area contributed by atoms with Gasteiger partial charge in [0.2, 0.25) is 0 Å². The fraction of sp³-hybridized carbons (Fsp3) is 0.417. The van der Waals surface area contributed by atoms with Gasteiger partial charge >= 0.3 is 0 Å². The van der Waals surface area contributed by atoms with Gasteiger partial charge in [0.05, 0.1) is 23.5 Å². The zero-order valence-electron chi connectivity index (χ0n) is 8.72.